The number of fused-ring (bicyclic) bond motifs is 1. The van der Waals surface area contributed by atoms with E-state index in [4.69, 9.17) is 4.74 Å². The number of halogens is 1. The van der Waals surface area contributed by atoms with Crippen molar-refractivity contribution < 1.29 is 19.1 Å². The Balaban J connectivity index is 1.77. The number of hydrogen-bond acceptors (Lipinski definition) is 5. The number of ether oxygens (including phenoxy) is 1. The third-order valence-corrected chi connectivity index (χ3v) is 5.70. The molecule has 0 unspecified atom stereocenters. The van der Waals surface area contributed by atoms with E-state index in [-0.39, 0.29) is 11.8 Å². The SMILES string of the molecule is COC(=O)[C@H]1N[C@@H](c2ccc(Br)cc2)[C@H]2C(=O)N(c3ccccc3)C(=O)[C@H]21. The molecule has 2 aromatic rings. The fourth-order valence-corrected chi connectivity index (χ4v) is 4.23. The third kappa shape index (κ3) is 2.87. The van der Waals surface area contributed by atoms with Gasteiger partial charge >= 0.3 is 5.97 Å². The Morgan fingerprint density at radius 1 is 1.00 bits per heavy atom. The lowest BCUT2D eigenvalue weighted by molar-refractivity contribution is -0.145. The summed E-state index contributed by atoms with van der Waals surface area (Å²) in [7, 11) is 1.28. The van der Waals surface area contributed by atoms with Crippen LogP contribution in [0.25, 0.3) is 0 Å². The van der Waals surface area contributed by atoms with Gasteiger partial charge in [-0.25, -0.2) is 4.90 Å². The van der Waals surface area contributed by atoms with E-state index in [0.29, 0.717) is 5.69 Å². The summed E-state index contributed by atoms with van der Waals surface area (Å²) in [6.07, 6.45) is 0. The Morgan fingerprint density at radius 3 is 2.26 bits per heavy atom. The standard InChI is InChI=1S/C20H17BrN2O4/c1-27-20(26)17-15-14(16(22-17)11-7-9-12(21)10-8-11)18(24)23(19(15)25)13-5-3-2-4-6-13/h2-10,14-17,22H,1H3/t14-,15+,16-,17-/m0/s1. The van der Waals surface area contributed by atoms with Crippen molar-refractivity contribution in [3.05, 3.63) is 64.6 Å². The number of esters is 1. The minimum Gasteiger partial charge on any atom is -0.468 e. The van der Waals surface area contributed by atoms with Gasteiger partial charge < -0.3 is 4.74 Å². The molecule has 2 fully saturated rings. The lowest BCUT2D eigenvalue weighted by Crippen LogP contribution is -2.43. The van der Waals surface area contributed by atoms with Gasteiger partial charge in [0.25, 0.3) is 0 Å². The van der Waals surface area contributed by atoms with Crippen LogP contribution in [0.2, 0.25) is 0 Å². The fourth-order valence-electron chi connectivity index (χ4n) is 3.96. The van der Waals surface area contributed by atoms with Crippen LogP contribution in [-0.2, 0) is 19.1 Å². The Kier molecular flexibility index (Phi) is 4.57. The third-order valence-electron chi connectivity index (χ3n) is 5.17. The van der Waals surface area contributed by atoms with E-state index in [0.717, 1.165) is 10.0 Å². The molecule has 0 spiro atoms. The normalized spacial score (nSPS) is 27.0. The van der Waals surface area contributed by atoms with Crippen molar-refractivity contribution in [2.24, 2.45) is 11.8 Å². The maximum atomic E-state index is 13.2. The molecule has 6 nitrogen and oxygen atoms in total. The number of rotatable bonds is 3. The number of amides is 2. The maximum Gasteiger partial charge on any atom is 0.323 e. The zero-order valence-electron chi connectivity index (χ0n) is 14.5. The number of nitrogens with zero attached hydrogens (tertiary/aromatic N) is 1. The molecule has 4 atom stereocenters. The lowest BCUT2D eigenvalue weighted by Gasteiger charge is -2.22. The van der Waals surface area contributed by atoms with Crippen molar-refractivity contribution in [1.82, 2.24) is 5.32 Å². The molecule has 2 aliphatic rings. The number of anilines is 1. The molecule has 2 aromatic carbocycles. The van der Waals surface area contributed by atoms with Crippen LogP contribution in [0.3, 0.4) is 0 Å². The van der Waals surface area contributed by atoms with Crippen molar-refractivity contribution in [2.45, 2.75) is 12.1 Å². The first-order valence-electron chi connectivity index (χ1n) is 8.55. The summed E-state index contributed by atoms with van der Waals surface area (Å²) in [5.41, 5.74) is 1.36. The van der Waals surface area contributed by atoms with Crippen LogP contribution < -0.4 is 10.2 Å². The van der Waals surface area contributed by atoms with Gasteiger partial charge in [-0.15, -0.1) is 0 Å². The van der Waals surface area contributed by atoms with Crippen molar-refractivity contribution >= 4 is 39.4 Å². The number of carbonyl (C=O) groups is 3. The number of benzene rings is 2. The largest absolute Gasteiger partial charge is 0.468 e. The maximum absolute atomic E-state index is 13.2. The minimum atomic E-state index is -0.862. The minimum absolute atomic E-state index is 0.303. The second-order valence-corrected chi connectivity index (χ2v) is 7.51. The van der Waals surface area contributed by atoms with Gasteiger partial charge in [0.2, 0.25) is 11.8 Å². The second-order valence-electron chi connectivity index (χ2n) is 6.60. The Bertz CT molecular complexity index is 900. The predicted molar refractivity (Wildman–Crippen MR) is 102 cm³/mol. The Labute approximate surface area is 164 Å². The summed E-state index contributed by atoms with van der Waals surface area (Å²) in [5.74, 6) is -2.68. The molecular formula is C20H17BrN2O4. The summed E-state index contributed by atoms with van der Waals surface area (Å²) < 4.78 is 5.79. The highest BCUT2D eigenvalue weighted by Crippen LogP contribution is 2.45. The smallest absolute Gasteiger partial charge is 0.323 e. The molecule has 27 heavy (non-hydrogen) atoms. The van der Waals surface area contributed by atoms with Crippen molar-refractivity contribution in [3.8, 4) is 0 Å². The quantitative estimate of drug-likeness (QED) is 0.600. The van der Waals surface area contributed by atoms with Crippen LogP contribution in [0.5, 0.6) is 0 Å². The second kappa shape index (κ2) is 6.90. The van der Waals surface area contributed by atoms with E-state index in [2.05, 4.69) is 21.2 Å². The van der Waals surface area contributed by atoms with Gasteiger partial charge in [-0.2, -0.15) is 0 Å². The van der Waals surface area contributed by atoms with Gasteiger partial charge in [-0.05, 0) is 29.8 Å². The zero-order chi connectivity index (χ0) is 19.1. The van der Waals surface area contributed by atoms with E-state index >= 15 is 0 Å². The molecule has 0 aromatic heterocycles. The van der Waals surface area contributed by atoms with Crippen LogP contribution >= 0.6 is 15.9 Å². The van der Waals surface area contributed by atoms with Gasteiger partial charge in [0.15, 0.2) is 0 Å². The van der Waals surface area contributed by atoms with E-state index < -0.39 is 29.9 Å². The molecule has 2 aliphatic heterocycles. The number of methoxy groups -OCH3 is 1. The number of carbonyl (C=O) groups excluding carboxylic acids is 3. The Morgan fingerprint density at radius 2 is 1.63 bits per heavy atom. The molecule has 2 heterocycles. The summed E-state index contributed by atoms with van der Waals surface area (Å²) >= 11 is 3.39. The van der Waals surface area contributed by atoms with Crippen LogP contribution in [0.1, 0.15) is 11.6 Å². The van der Waals surface area contributed by atoms with Crippen LogP contribution in [-0.4, -0.2) is 30.9 Å². The van der Waals surface area contributed by atoms with Crippen LogP contribution in [0, 0.1) is 11.8 Å². The molecule has 1 N–H and O–H groups in total. The molecular weight excluding hydrogens is 412 g/mol. The van der Waals surface area contributed by atoms with Crippen molar-refractivity contribution in [3.63, 3.8) is 0 Å². The first-order chi connectivity index (χ1) is 13.0. The van der Waals surface area contributed by atoms with Gasteiger partial charge in [-0.3, -0.25) is 19.7 Å². The zero-order valence-corrected chi connectivity index (χ0v) is 16.0. The first kappa shape index (κ1) is 17.9. The van der Waals surface area contributed by atoms with E-state index in [1.807, 2.05) is 30.3 Å². The summed E-state index contributed by atoms with van der Waals surface area (Å²) in [4.78, 5) is 39.8. The summed E-state index contributed by atoms with van der Waals surface area (Å²) in [6.45, 7) is 0. The summed E-state index contributed by atoms with van der Waals surface area (Å²) in [5, 5.41) is 3.15. The molecule has 0 bridgehead atoms. The highest BCUT2D eigenvalue weighted by molar-refractivity contribution is 9.10. The first-order valence-corrected chi connectivity index (χ1v) is 9.34. The number of hydrogen-bond donors (Lipinski definition) is 1. The molecule has 138 valence electrons. The molecule has 7 heteroatoms. The summed E-state index contributed by atoms with van der Waals surface area (Å²) in [6, 6.07) is 15.0. The van der Waals surface area contributed by atoms with Gasteiger partial charge in [-0.1, -0.05) is 46.3 Å². The Hall–Kier alpha value is -2.51. The predicted octanol–water partition coefficient (Wildman–Crippen LogP) is 2.44. The molecule has 0 aliphatic carbocycles. The number of imide groups is 1. The monoisotopic (exact) mass is 428 g/mol. The van der Waals surface area contributed by atoms with Gasteiger partial charge in [0.05, 0.1) is 24.6 Å². The van der Waals surface area contributed by atoms with Crippen molar-refractivity contribution in [2.75, 3.05) is 12.0 Å². The number of nitrogens with one attached hydrogen (secondary N) is 1. The average Bonchev–Trinajstić information content (AvgIpc) is 3.20. The molecule has 0 saturated carbocycles. The van der Waals surface area contributed by atoms with Crippen LogP contribution in [0.15, 0.2) is 59.1 Å². The van der Waals surface area contributed by atoms with Crippen molar-refractivity contribution in [1.29, 1.82) is 0 Å². The van der Waals surface area contributed by atoms with Gasteiger partial charge in [0.1, 0.15) is 6.04 Å². The molecule has 4 rings (SSSR count). The topological polar surface area (TPSA) is 75.7 Å². The molecule has 2 saturated heterocycles. The highest BCUT2D eigenvalue weighted by atomic mass is 79.9. The van der Waals surface area contributed by atoms with E-state index in [9.17, 15) is 14.4 Å². The number of para-hydroxylation sites is 1. The average molecular weight is 429 g/mol. The lowest BCUT2D eigenvalue weighted by atomic mass is 9.86. The highest BCUT2D eigenvalue weighted by Gasteiger charge is 2.61. The molecule has 0 radical (unpaired) electrons. The molecule has 2 amide bonds. The van der Waals surface area contributed by atoms with E-state index in [1.54, 1.807) is 24.3 Å². The van der Waals surface area contributed by atoms with Crippen LogP contribution in [0.4, 0.5) is 5.69 Å². The van der Waals surface area contributed by atoms with E-state index in [1.165, 1.54) is 12.0 Å². The fraction of sp³-hybridized carbons (Fsp3) is 0.250. The van der Waals surface area contributed by atoms with Gasteiger partial charge in [0, 0.05) is 10.5 Å².